The molecule has 1 saturated carbocycles. The van der Waals surface area contributed by atoms with Crippen LogP contribution in [0.2, 0.25) is 0 Å². The maximum absolute atomic E-state index is 13.7. The molecule has 0 radical (unpaired) electrons. The molecular formula is C28H27FN4O8. The minimum absolute atomic E-state index is 0.00735. The average Bonchev–Trinajstić information content (AvgIpc) is 2.87. The van der Waals surface area contributed by atoms with Crippen molar-refractivity contribution in [2.45, 2.75) is 24.9 Å². The highest BCUT2D eigenvalue weighted by Crippen LogP contribution is 2.54. The molecule has 0 bridgehead atoms. The maximum Gasteiger partial charge on any atom is 0.323 e. The molecule has 3 aliphatic carbocycles. The monoisotopic (exact) mass is 566 g/mol. The number of Topliss-reactive ketones (excluding diaryl/α,β-unsaturated/α-hetero) is 2. The Morgan fingerprint density at radius 2 is 1.80 bits per heavy atom. The van der Waals surface area contributed by atoms with Gasteiger partial charge in [-0.2, -0.15) is 0 Å². The van der Waals surface area contributed by atoms with Gasteiger partial charge >= 0.3 is 6.03 Å². The second-order valence-corrected chi connectivity index (χ2v) is 10.5. The van der Waals surface area contributed by atoms with E-state index in [9.17, 15) is 44.0 Å². The van der Waals surface area contributed by atoms with Gasteiger partial charge in [-0.05, 0) is 48.6 Å². The summed E-state index contributed by atoms with van der Waals surface area (Å²) in [5, 5.41) is 49.6. The SMILES string of the molecule is CN(C)c1cc(NC(=O)Nc2cccc(F)c2)c(O)c2c1C[C@H]1C[C@H]3CC(=O)C(C(N)=O)=C(O)[C@@]3(O)C(=O)C1=C2O. The summed E-state index contributed by atoms with van der Waals surface area (Å²) in [7, 11) is 3.39. The first kappa shape index (κ1) is 27.6. The van der Waals surface area contributed by atoms with Crippen LogP contribution in [0.3, 0.4) is 0 Å². The van der Waals surface area contributed by atoms with Crippen molar-refractivity contribution in [3.05, 3.63) is 64.2 Å². The smallest absolute Gasteiger partial charge is 0.323 e. The van der Waals surface area contributed by atoms with Crippen LogP contribution < -0.4 is 21.3 Å². The second kappa shape index (κ2) is 9.63. The van der Waals surface area contributed by atoms with Crippen LogP contribution >= 0.6 is 0 Å². The number of nitrogens with one attached hydrogen (secondary N) is 2. The highest BCUT2D eigenvalue weighted by atomic mass is 19.1. The summed E-state index contributed by atoms with van der Waals surface area (Å²) in [5.74, 6) is -8.03. The molecule has 8 N–H and O–H groups in total. The van der Waals surface area contributed by atoms with E-state index in [-0.39, 0.29) is 35.4 Å². The van der Waals surface area contributed by atoms with E-state index in [1.54, 1.807) is 19.0 Å². The van der Waals surface area contributed by atoms with Gasteiger partial charge in [-0.15, -0.1) is 0 Å². The molecule has 2 aromatic carbocycles. The van der Waals surface area contributed by atoms with E-state index < -0.39 is 76.0 Å². The normalized spacial score (nSPS) is 23.4. The fraction of sp³-hybridized carbons (Fsp3) is 0.286. The number of carbonyl (C=O) groups excluding carboxylic acids is 4. The number of phenols is 1. The zero-order valence-corrected chi connectivity index (χ0v) is 22.0. The zero-order chi connectivity index (χ0) is 30.0. The number of carbonyl (C=O) groups is 4. The lowest BCUT2D eigenvalue weighted by Gasteiger charge is -2.46. The lowest BCUT2D eigenvalue weighted by molar-refractivity contribution is -0.147. The van der Waals surface area contributed by atoms with Gasteiger partial charge in [-0.3, -0.25) is 14.4 Å². The number of benzene rings is 2. The van der Waals surface area contributed by atoms with Crippen molar-refractivity contribution in [1.29, 1.82) is 0 Å². The Balaban J connectivity index is 1.60. The molecule has 3 aliphatic rings. The van der Waals surface area contributed by atoms with E-state index in [2.05, 4.69) is 10.6 Å². The number of halogens is 1. The first-order chi connectivity index (χ1) is 19.2. The second-order valence-electron chi connectivity index (χ2n) is 10.5. The Morgan fingerprint density at radius 3 is 2.44 bits per heavy atom. The van der Waals surface area contributed by atoms with Crippen LogP contribution in [0.25, 0.3) is 5.76 Å². The van der Waals surface area contributed by atoms with E-state index in [0.29, 0.717) is 11.3 Å². The number of primary amides is 1. The molecule has 214 valence electrons. The van der Waals surface area contributed by atoms with Gasteiger partial charge in [0, 0.05) is 43.4 Å². The third-order valence-electron chi connectivity index (χ3n) is 7.85. The molecule has 1 fully saturated rings. The van der Waals surface area contributed by atoms with Crippen molar-refractivity contribution in [2.75, 3.05) is 29.6 Å². The fourth-order valence-electron chi connectivity index (χ4n) is 6.01. The number of aliphatic hydroxyl groups excluding tert-OH is 2. The third-order valence-corrected chi connectivity index (χ3v) is 7.85. The largest absolute Gasteiger partial charge is 0.508 e. The molecular weight excluding hydrogens is 539 g/mol. The quantitative estimate of drug-likeness (QED) is 0.214. The Bertz CT molecular complexity index is 1610. The van der Waals surface area contributed by atoms with Crippen molar-refractivity contribution >= 4 is 46.3 Å². The molecule has 0 saturated heterocycles. The van der Waals surface area contributed by atoms with E-state index in [4.69, 9.17) is 5.73 Å². The Labute approximate surface area is 232 Å². The van der Waals surface area contributed by atoms with Gasteiger partial charge in [0.05, 0.1) is 11.3 Å². The number of phenolic OH excluding ortho intramolecular Hbond substituents is 1. The number of amides is 3. The summed E-state index contributed by atoms with van der Waals surface area (Å²) in [6.07, 6.45) is -0.325. The number of ketones is 2. The molecule has 41 heavy (non-hydrogen) atoms. The van der Waals surface area contributed by atoms with Crippen LogP contribution in [0.15, 0.2) is 47.2 Å². The van der Waals surface area contributed by atoms with Crippen LogP contribution in [0.4, 0.5) is 26.2 Å². The molecule has 5 rings (SSSR count). The van der Waals surface area contributed by atoms with E-state index in [0.717, 1.165) is 6.07 Å². The van der Waals surface area contributed by atoms with Gasteiger partial charge in [0.1, 0.15) is 22.9 Å². The number of nitrogens with zero attached hydrogens (tertiary/aromatic N) is 1. The number of aromatic hydroxyl groups is 1. The third kappa shape index (κ3) is 4.25. The lowest BCUT2D eigenvalue weighted by Crippen LogP contribution is -2.58. The first-order valence-corrected chi connectivity index (χ1v) is 12.6. The predicted octanol–water partition coefficient (Wildman–Crippen LogP) is 2.27. The van der Waals surface area contributed by atoms with Crippen molar-refractivity contribution in [3.63, 3.8) is 0 Å². The topological polar surface area (TPSA) is 203 Å². The number of aliphatic hydroxyl groups is 3. The minimum Gasteiger partial charge on any atom is -0.508 e. The number of nitrogens with two attached hydrogens (primary N) is 1. The van der Waals surface area contributed by atoms with E-state index >= 15 is 0 Å². The maximum atomic E-state index is 13.7. The summed E-state index contributed by atoms with van der Waals surface area (Å²) in [6.45, 7) is 0. The van der Waals surface area contributed by atoms with Crippen LogP contribution in [-0.4, -0.2) is 63.6 Å². The average molecular weight is 567 g/mol. The molecule has 0 heterocycles. The first-order valence-electron chi connectivity index (χ1n) is 12.6. The van der Waals surface area contributed by atoms with Gasteiger partial charge in [-0.1, -0.05) is 6.07 Å². The van der Waals surface area contributed by atoms with Crippen LogP contribution in [0.5, 0.6) is 5.75 Å². The standard InChI is InChI=1S/C28H27FN4O8/c1-33(2)17-10-16(32-27(40)31-14-5-3-4-13(29)9-14)22(35)20-15(17)7-11-6-12-8-18(34)21(26(30)39)25(38)28(12,41)24(37)19(11)23(20)36/h3-5,9-12,35-36,38,41H,6-8H2,1-2H3,(H2,30,39)(H2,31,32,40)/t11-,12+,28+/m1/s1. The Hall–Kier alpha value is -4.91. The molecule has 3 atom stereocenters. The Kier molecular flexibility index (Phi) is 6.49. The van der Waals surface area contributed by atoms with Crippen LogP contribution in [-0.2, 0) is 20.8 Å². The molecule has 0 spiro atoms. The number of hydrogen-bond donors (Lipinski definition) is 7. The molecule has 13 heteroatoms. The van der Waals surface area contributed by atoms with Gasteiger partial charge in [-0.25, -0.2) is 9.18 Å². The highest BCUT2D eigenvalue weighted by Gasteiger charge is 2.60. The molecule has 12 nitrogen and oxygen atoms in total. The summed E-state index contributed by atoms with van der Waals surface area (Å²) in [4.78, 5) is 52.4. The molecule has 0 aliphatic heterocycles. The van der Waals surface area contributed by atoms with E-state index in [1.807, 2.05) is 0 Å². The number of fused-ring (bicyclic) bond motifs is 3. The van der Waals surface area contributed by atoms with Crippen molar-refractivity contribution < 1.29 is 44.0 Å². The summed E-state index contributed by atoms with van der Waals surface area (Å²) < 4.78 is 13.5. The molecule has 0 unspecified atom stereocenters. The summed E-state index contributed by atoms with van der Waals surface area (Å²) in [5.41, 5.74) is 2.10. The summed E-state index contributed by atoms with van der Waals surface area (Å²) in [6, 6.07) is 5.78. The number of hydrogen-bond acceptors (Lipinski definition) is 9. The van der Waals surface area contributed by atoms with Crippen molar-refractivity contribution in [3.8, 4) is 5.75 Å². The van der Waals surface area contributed by atoms with Crippen LogP contribution in [0, 0.1) is 17.7 Å². The van der Waals surface area contributed by atoms with E-state index in [1.165, 1.54) is 24.3 Å². The Morgan fingerprint density at radius 1 is 1.10 bits per heavy atom. The fourth-order valence-corrected chi connectivity index (χ4v) is 6.01. The highest BCUT2D eigenvalue weighted by molar-refractivity contribution is 6.22. The van der Waals surface area contributed by atoms with Crippen molar-refractivity contribution in [1.82, 2.24) is 0 Å². The molecule has 2 aromatic rings. The van der Waals surface area contributed by atoms with Gasteiger partial charge in [0.15, 0.2) is 17.1 Å². The zero-order valence-electron chi connectivity index (χ0n) is 22.0. The van der Waals surface area contributed by atoms with Gasteiger partial charge in [0.25, 0.3) is 5.91 Å². The van der Waals surface area contributed by atoms with Gasteiger partial charge < -0.3 is 41.7 Å². The molecule has 3 amide bonds. The lowest BCUT2D eigenvalue weighted by atomic mass is 9.59. The number of anilines is 3. The van der Waals surface area contributed by atoms with Gasteiger partial charge in [0.2, 0.25) is 5.78 Å². The summed E-state index contributed by atoms with van der Waals surface area (Å²) >= 11 is 0. The minimum atomic E-state index is -2.68. The number of urea groups is 1. The predicted molar refractivity (Wildman–Crippen MR) is 145 cm³/mol. The van der Waals surface area contributed by atoms with Crippen LogP contribution in [0.1, 0.15) is 24.0 Å². The van der Waals surface area contributed by atoms with Crippen molar-refractivity contribution in [2.24, 2.45) is 17.6 Å². The molecule has 0 aromatic heterocycles. The number of rotatable bonds is 4.